The monoisotopic (exact) mass is 542 g/mol. The molecule has 4 heterocycles. The molecule has 196 valence electrons. The van der Waals surface area contributed by atoms with Crippen LogP contribution in [0.2, 0.25) is 10.0 Å². The molecule has 1 aliphatic carbocycles. The van der Waals surface area contributed by atoms with Gasteiger partial charge in [-0.25, -0.2) is 14.6 Å². The first-order chi connectivity index (χ1) is 17.8. The van der Waals surface area contributed by atoms with Gasteiger partial charge in [-0.15, -0.1) is 0 Å². The lowest BCUT2D eigenvalue weighted by molar-refractivity contribution is -0.147. The van der Waals surface area contributed by atoms with Crippen LogP contribution < -0.4 is 4.90 Å². The average molecular weight is 543 g/mol. The van der Waals surface area contributed by atoms with Gasteiger partial charge in [-0.05, 0) is 75.6 Å². The molecule has 0 spiro atoms. The molecule has 10 heteroatoms. The summed E-state index contributed by atoms with van der Waals surface area (Å²) >= 11 is 12.6. The zero-order valence-corrected chi connectivity index (χ0v) is 22.7. The van der Waals surface area contributed by atoms with Crippen molar-refractivity contribution < 1.29 is 9.90 Å². The van der Waals surface area contributed by atoms with Gasteiger partial charge < -0.3 is 14.9 Å². The number of nitrogens with zero attached hydrogens (tertiary/aromatic N) is 6. The molecule has 1 saturated carbocycles. The maximum Gasteiger partial charge on any atom is 0.306 e. The Bertz CT molecular complexity index is 1330. The molecule has 37 heavy (non-hydrogen) atoms. The number of anilines is 1. The normalized spacial score (nSPS) is 25.6. The summed E-state index contributed by atoms with van der Waals surface area (Å²) in [6.07, 6.45) is 5.93. The summed E-state index contributed by atoms with van der Waals surface area (Å²) in [5, 5.41) is 15.2. The number of aromatic nitrogens is 4. The maximum atomic E-state index is 11.2. The Morgan fingerprint density at radius 2 is 1.95 bits per heavy atom. The van der Waals surface area contributed by atoms with Crippen LogP contribution in [0.25, 0.3) is 11.2 Å². The van der Waals surface area contributed by atoms with Gasteiger partial charge >= 0.3 is 5.97 Å². The van der Waals surface area contributed by atoms with E-state index >= 15 is 0 Å². The van der Waals surface area contributed by atoms with Gasteiger partial charge in [-0.2, -0.15) is 5.10 Å². The molecule has 0 amide bonds. The summed E-state index contributed by atoms with van der Waals surface area (Å²) in [4.78, 5) is 25.8. The third-order valence-electron chi connectivity index (χ3n) is 8.71. The second-order valence-corrected chi connectivity index (χ2v) is 11.8. The van der Waals surface area contributed by atoms with Crippen LogP contribution in [0.1, 0.15) is 49.9 Å². The average Bonchev–Trinajstić information content (AvgIpc) is 3.13. The molecule has 8 nitrogen and oxygen atoms in total. The fourth-order valence-electron chi connectivity index (χ4n) is 6.28. The summed E-state index contributed by atoms with van der Waals surface area (Å²) in [5.41, 5.74) is 3.35. The molecule has 0 unspecified atom stereocenters. The van der Waals surface area contributed by atoms with Crippen molar-refractivity contribution in [2.45, 2.75) is 51.6 Å². The summed E-state index contributed by atoms with van der Waals surface area (Å²) < 4.78 is 1.91. The molecule has 6 rings (SSSR count). The van der Waals surface area contributed by atoms with Crippen LogP contribution in [0.5, 0.6) is 0 Å². The van der Waals surface area contributed by atoms with Gasteiger partial charge in [-0.3, -0.25) is 4.79 Å². The van der Waals surface area contributed by atoms with E-state index in [1.807, 2.05) is 29.9 Å². The molecule has 2 aromatic heterocycles. The lowest BCUT2D eigenvalue weighted by Crippen LogP contribution is -2.56. The highest BCUT2D eigenvalue weighted by molar-refractivity contribution is 6.35. The number of fused-ring (bicyclic) bond motifs is 1. The van der Waals surface area contributed by atoms with E-state index in [1.165, 1.54) is 12.8 Å². The molecule has 3 fully saturated rings. The molecule has 2 atom stereocenters. The van der Waals surface area contributed by atoms with Crippen LogP contribution in [0.4, 0.5) is 5.82 Å². The predicted octanol–water partition coefficient (Wildman–Crippen LogP) is 5.06. The number of piperidine rings is 1. The zero-order chi connectivity index (χ0) is 25.8. The van der Waals surface area contributed by atoms with E-state index in [0.717, 1.165) is 67.3 Å². The highest BCUT2D eigenvalue weighted by Crippen LogP contribution is 2.38. The maximum absolute atomic E-state index is 11.2. The summed E-state index contributed by atoms with van der Waals surface area (Å²) in [6, 6.07) is 5.88. The van der Waals surface area contributed by atoms with Gasteiger partial charge in [0.25, 0.3) is 0 Å². The second kappa shape index (κ2) is 9.71. The van der Waals surface area contributed by atoms with Crippen LogP contribution in [-0.2, 0) is 4.79 Å². The number of carbonyl (C=O) groups is 1. The molecular weight excluding hydrogens is 511 g/mol. The van der Waals surface area contributed by atoms with Crippen LogP contribution in [0.15, 0.2) is 24.4 Å². The Labute approximate surface area is 226 Å². The number of carboxylic acid groups (broad SMARTS) is 1. The van der Waals surface area contributed by atoms with E-state index in [-0.39, 0.29) is 12.0 Å². The van der Waals surface area contributed by atoms with Crippen molar-refractivity contribution in [2.24, 2.45) is 17.8 Å². The van der Waals surface area contributed by atoms with E-state index < -0.39 is 5.97 Å². The van der Waals surface area contributed by atoms with Gasteiger partial charge in [0.2, 0.25) is 0 Å². The fourth-order valence-corrected chi connectivity index (χ4v) is 6.84. The number of hydrogen-bond acceptors (Lipinski definition) is 6. The number of likely N-dealkylation sites (tertiary alicyclic amines) is 1. The number of carboxylic acids is 1. The van der Waals surface area contributed by atoms with E-state index in [4.69, 9.17) is 38.3 Å². The SMILES string of the molecule is Cc1nn([C@H](C)c2ccc(Cl)cc2Cl)c2nc(N3CC([C@@H]4CCCN([C@H]5C[C@H](C(=O)O)C5)C4)C3)cnc12. The van der Waals surface area contributed by atoms with Gasteiger partial charge in [0.1, 0.15) is 11.3 Å². The van der Waals surface area contributed by atoms with Crippen LogP contribution in [0, 0.1) is 24.7 Å². The summed E-state index contributed by atoms with van der Waals surface area (Å²) in [7, 11) is 0. The molecule has 2 saturated heterocycles. The van der Waals surface area contributed by atoms with Crippen molar-refractivity contribution >= 4 is 46.2 Å². The number of rotatable bonds is 6. The topological polar surface area (TPSA) is 87.4 Å². The molecule has 2 aliphatic heterocycles. The third-order valence-corrected chi connectivity index (χ3v) is 9.27. The van der Waals surface area contributed by atoms with E-state index in [1.54, 1.807) is 6.07 Å². The van der Waals surface area contributed by atoms with Crippen molar-refractivity contribution in [1.29, 1.82) is 0 Å². The molecule has 3 aromatic rings. The molecule has 0 bridgehead atoms. The van der Waals surface area contributed by atoms with Crippen LogP contribution in [0.3, 0.4) is 0 Å². The van der Waals surface area contributed by atoms with Gasteiger partial charge in [-0.1, -0.05) is 29.3 Å². The first-order valence-electron chi connectivity index (χ1n) is 13.2. The predicted molar refractivity (Wildman–Crippen MR) is 144 cm³/mol. The fraction of sp³-hybridized carbons (Fsp3) is 0.556. The molecule has 0 radical (unpaired) electrons. The van der Waals surface area contributed by atoms with E-state index in [2.05, 4.69) is 16.7 Å². The Morgan fingerprint density at radius 1 is 1.16 bits per heavy atom. The smallest absolute Gasteiger partial charge is 0.306 e. The van der Waals surface area contributed by atoms with Crippen molar-refractivity contribution in [3.63, 3.8) is 0 Å². The molecule has 1 aromatic carbocycles. The Hall–Kier alpha value is -2.42. The first kappa shape index (κ1) is 24.9. The highest BCUT2D eigenvalue weighted by Gasteiger charge is 2.42. The Morgan fingerprint density at radius 3 is 2.68 bits per heavy atom. The van der Waals surface area contributed by atoms with E-state index in [0.29, 0.717) is 27.9 Å². The molecule has 1 N–H and O–H groups in total. The van der Waals surface area contributed by atoms with E-state index in [9.17, 15) is 9.90 Å². The van der Waals surface area contributed by atoms with Crippen molar-refractivity contribution in [3.05, 3.63) is 45.7 Å². The molecular formula is C27H32Cl2N6O2. The van der Waals surface area contributed by atoms with Crippen LogP contribution >= 0.6 is 23.2 Å². The Balaban J connectivity index is 1.14. The third kappa shape index (κ3) is 4.57. The Kier molecular flexibility index (Phi) is 6.53. The van der Waals surface area contributed by atoms with Crippen molar-refractivity contribution in [1.82, 2.24) is 24.6 Å². The standard InChI is InChI=1S/C27H32Cl2N6O2/c1-15-25-26(35(32-15)16(2)22-6-5-20(28)10-23(22)29)31-24(11-30-25)34-13-19(14-34)17-4-3-7-33(12-17)21-8-18(9-21)27(36)37/h5-6,10-11,16-19,21H,3-4,7-9,12-14H2,1-2H3,(H,36,37)/t16-,17-,18-,21-/m1/s1. The van der Waals surface area contributed by atoms with Gasteiger partial charge in [0.05, 0.1) is 23.9 Å². The van der Waals surface area contributed by atoms with Crippen molar-refractivity contribution in [2.75, 3.05) is 31.1 Å². The first-order valence-corrected chi connectivity index (χ1v) is 13.9. The summed E-state index contributed by atoms with van der Waals surface area (Å²) in [5.74, 6) is 1.39. The van der Waals surface area contributed by atoms with Gasteiger partial charge in [0, 0.05) is 35.7 Å². The number of aryl methyl sites for hydroxylation is 1. The quantitative estimate of drug-likeness (QED) is 0.465. The lowest BCUT2D eigenvalue weighted by Gasteiger charge is -2.50. The second-order valence-electron chi connectivity index (χ2n) is 11.0. The minimum absolute atomic E-state index is 0.116. The minimum atomic E-state index is -0.639. The lowest BCUT2D eigenvalue weighted by atomic mass is 9.76. The highest BCUT2D eigenvalue weighted by atomic mass is 35.5. The van der Waals surface area contributed by atoms with Crippen molar-refractivity contribution in [3.8, 4) is 0 Å². The zero-order valence-electron chi connectivity index (χ0n) is 21.1. The number of benzene rings is 1. The summed E-state index contributed by atoms with van der Waals surface area (Å²) in [6.45, 7) is 8.17. The number of aliphatic carboxylic acids is 1. The number of hydrogen-bond donors (Lipinski definition) is 1. The number of halogens is 2. The molecule has 3 aliphatic rings. The largest absolute Gasteiger partial charge is 0.481 e. The van der Waals surface area contributed by atoms with Gasteiger partial charge in [0.15, 0.2) is 5.65 Å². The van der Waals surface area contributed by atoms with Crippen LogP contribution in [-0.4, -0.2) is 67.9 Å². The minimum Gasteiger partial charge on any atom is -0.481 e.